The average molecular weight is 418 g/mol. The number of carbonyl (C=O) groups excluding carboxylic acids is 3. The Morgan fingerprint density at radius 1 is 1.17 bits per heavy atom. The first-order valence-corrected chi connectivity index (χ1v) is 10.7. The summed E-state index contributed by atoms with van der Waals surface area (Å²) in [7, 11) is 0. The first kappa shape index (κ1) is 23.9. The van der Waals surface area contributed by atoms with Crippen molar-refractivity contribution < 1.29 is 19.1 Å². The van der Waals surface area contributed by atoms with E-state index in [1.807, 2.05) is 32.9 Å². The first-order valence-electron chi connectivity index (χ1n) is 10.7. The maximum Gasteiger partial charge on any atom is 0.251 e. The highest BCUT2D eigenvalue weighted by Crippen LogP contribution is 2.22. The van der Waals surface area contributed by atoms with Crippen molar-refractivity contribution in [3.05, 3.63) is 29.8 Å². The Bertz CT molecular complexity index is 751. The van der Waals surface area contributed by atoms with Gasteiger partial charge in [-0.3, -0.25) is 14.4 Å². The molecule has 1 aromatic carbocycles. The summed E-state index contributed by atoms with van der Waals surface area (Å²) in [5, 5.41) is 5.62. The fourth-order valence-electron chi connectivity index (χ4n) is 3.59. The Balaban J connectivity index is 2.12. The number of carbonyl (C=O) groups is 3. The zero-order chi connectivity index (χ0) is 22.5. The zero-order valence-corrected chi connectivity index (χ0v) is 19.0. The monoisotopic (exact) mass is 417 g/mol. The minimum atomic E-state index is -0.749. The smallest absolute Gasteiger partial charge is 0.251 e. The van der Waals surface area contributed by atoms with E-state index in [9.17, 15) is 14.4 Å². The van der Waals surface area contributed by atoms with Crippen molar-refractivity contribution in [3.8, 4) is 0 Å². The van der Waals surface area contributed by atoms with E-state index >= 15 is 0 Å². The van der Waals surface area contributed by atoms with E-state index in [4.69, 9.17) is 4.74 Å². The van der Waals surface area contributed by atoms with Crippen LogP contribution in [0.15, 0.2) is 24.3 Å². The molecule has 1 heterocycles. The fraction of sp³-hybridized carbons (Fsp3) is 0.609. The van der Waals surface area contributed by atoms with Gasteiger partial charge in [0.1, 0.15) is 18.7 Å². The first-order chi connectivity index (χ1) is 14.1. The fourth-order valence-corrected chi connectivity index (χ4v) is 3.59. The maximum absolute atomic E-state index is 12.9. The van der Waals surface area contributed by atoms with Crippen molar-refractivity contribution in [2.45, 2.75) is 66.2 Å². The second kappa shape index (κ2) is 10.1. The van der Waals surface area contributed by atoms with Crippen molar-refractivity contribution in [3.63, 3.8) is 0 Å². The molecule has 0 aromatic heterocycles. The number of hydrogen-bond donors (Lipinski definition) is 2. The lowest BCUT2D eigenvalue weighted by molar-refractivity contribution is -0.128. The molecule has 0 spiro atoms. The van der Waals surface area contributed by atoms with Crippen LogP contribution in [0.25, 0.3) is 0 Å². The third-order valence-electron chi connectivity index (χ3n) is 5.30. The van der Waals surface area contributed by atoms with Gasteiger partial charge in [0.15, 0.2) is 5.78 Å². The predicted molar refractivity (Wildman–Crippen MR) is 118 cm³/mol. The molecule has 0 saturated carbocycles. The molecule has 3 atom stereocenters. The number of rotatable bonds is 8. The summed E-state index contributed by atoms with van der Waals surface area (Å²) in [4.78, 5) is 39.9. The second-order valence-corrected chi connectivity index (χ2v) is 8.98. The third kappa shape index (κ3) is 6.29. The summed E-state index contributed by atoms with van der Waals surface area (Å²) < 4.78 is 5.30. The Morgan fingerprint density at radius 2 is 1.77 bits per heavy atom. The van der Waals surface area contributed by atoms with Crippen molar-refractivity contribution >= 4 is 23.3 Å². The van der Waals surface area contributed by atoms with Gasteiger partial charge in [-0.15, -0.1) is 0 Å². The minimum Gasteiger partial charge on any atom is -0.372 e. The largest absolute Gasteiger partial charge is 0.372 e. The van der Waals surface area contributed by atoms with Crippen LogP contribution in [-0.4, -0.2) is 55.5 Å². The summed E-state index contributed by atoms with van der Waals surface area (Å²) in [5.41, 5.74) is 1.35. The van der Waals surface area contributed by atoms with Crippen molar-refractivity contribution in [2.75, 3.05) is 24.6 Å². The third-order valence-corrected chi connectivity index (χ3v) is 5.30. The number of anilines is 1. The highest BCUT2D eigenvalue weighted by atomic mass is 16.5. The molecule has 0 aliphatic carbocycles. The van der Waals surface area contributed by atoms with Crippen LogP contribution in [0.4, 0.5) is 5.69 Å². The Kier molecular flexibility index (Phi) is 8.01. The molecule has 1 unspecified atom stereocenters. The summed E-state index contributed by atoms with van der Waals surface area (Å²) in [6.07, 6.45) is 0.0678. The Labute approximate surface area is 179 Å². The van der Waals surface area contributed by atoms with Crippen LogP contribution in [0.3, 0.4) is 0 Å². The predicted octanol–water partition coefficient (Wildman–Crippen LogP) is 2.54. The Hall–Kier alpha value is -2.41. The topological polar surface area (TPSA) is 87.7 Å². The van der Waals surface area contributed by atoms with E-state index < -0.39 is 12.1 Å². The SMILES string of the molecule is CCN(CC)c1ccc(C(=O)NC(CC(C)(C)C)C(=O)N[C@@H]2C(=O)CO[C@@H]2C)cc1. The lowest BCUT2D eigenvalue weighted by Gasteiger charge is -2.27. The van der Waals surface area contributed by atoms with Gasteiger partial charge < -0.3 is 20.3 Å². The number of nitrogens with one attached hydrogen (secondary N) is 2. The van der Waals surface area contributed by atoms with Gasteiger partial charge in [0, 0.05) is 24.3 Å². The molecular weight excluding hydrogens is 382 g/mol. The van der Waals surface area contributed by atoms with Gasteiger partial charge in [-0.1, -0.05) is 20.8 Å². The highest BCUT2D eigenvalue weighted by molar-refractivity contribution is 5.99. The number of nitrogens with zero attached hydrogens (tertiary/aromatic N) is 1. The van der Waals surface area contributed by atoms with Gasteiger partial charge in [-0.2, -0.15) is 0 Å². The summed E-state index contributed by atoms with van der Waals surface area (Å²) >= 11 is 0. The van der Waals surface area contributed by atoms with Gasteiger partial charge in [-0.25, -0.2) is 0 Å². The minimum absolute atomic E-state index is 0.00129. The molecular formula is C23H35N3O4. The lowest BCUT2D eigenvalue weighted by Crippen LogP contribution is -2.53. The number of Topliss-reactive ketones (excluding diaryl/α,β-unsaturated/α-hetero) is 1. The average Bonchev–Trinajstić information content (AvgIpc) is 2.99. The van der Waals surface area contributed by atoms with Crippen LogP contribution in [0, 0.1) is 5.41 Å². The molecule has 1 aromatic rings. The lowest BCUT2D eigenvalue weighted by atomic mass is 9.87. The highest BCUT2D eigenvalue weighted by Gasteiger charge is 2.36. The molecule has 1 saturated heterocycles. The molecule has 166 valence electrons. The van der Waals surface area contributed by atoms with Gasteiger partial charge in [0.25, 0.3) is 5.91 Å². The molecule has 0 radical (unpaired) electrons. The van der Waals surface area contributed by atoms with E-state index in [-0.39, 0.29) is 35.7 Å². The van der Waals surface area contributed by atoms with E-state index in [0.29, 0.717) is 12.0 Å². The molecule has 7 heteroatoms. The number of ketones is 1. The number of benzene rings is 1. The molecule has 1 aliphatic heterocycles. The van der Waals surface area contributed by atoms with Gasteiger partial charge in [-0.05, 0) is 56.9 Å². The quantitative estimate of drug-likeness (QED) is 0.679. The molecule has 2 N–H and O–H groups in total. The molecule has 2 amide bonds. The van der Waals surface area contributed by atoms with E-state index in [1.54, 1.807) is 19.1 Å². The molecule has 1 fully saturated rings. The van der Waals surface area contributed by atoms with E-state index in [1.165, 1.54) is 0 Å². The summed E-state index contributed by atoms with van der Waals surface area (Å²) in [6, 6.07) is 5.94. The molecule has 7 nitrogen and oxygen atoms in total. The molecule has 2 rings (SSSR count). The molecule has 0 bridgehead atoms. The van der Waals surface area contributed by atoms with Crippen molar-refractivity contribution in [1.82, 2.24) is 10.6 Å². The number of ether oxygens (including phenoxy) is 1. The summed E-state index contributed by atoms with van der Waals surface area (Å²) in [5.74, 6) is -0.829. The van der Waals surface area contributed by atoms with Crippen molar-refractivity contribution in [1.29, 1.82) is 0 Å². The van der Waals surface area contributed by atoms with Gasteiger partial charge in [0.05, 0.1) is 6.10 Å². The van der Waals surface area contributed by atoms with Crippen LogP contribution in [0.2, 0.25) is 0 Å². The maximum atomic E-state index is 12.9. The second-order valence-electron chi connectivity index (χ2n) is 8.98. The van der Waals surface area contributed by atoms with Crippen LogP contribution >= 0.6 is 0 Å². The van der Waals surface area contributed by atoms with Gasteiger partial charge in [0.2, 0.25) is 5.91 Å². The van der Waals surface area contributed by atoms with Crippen molar-refractivity contribution in [2.24, 2.45) is 5.41 Å². The normalized spacial score (nSPS) is 20.0. The molecule has 1 aliphatic rings. The van der Waals surface area contributed by atoms with Crippen LogP contribution < -0.4 is 15.5 Å². The number of hydrogen-bond acceptors (Lipinski definition) is 5. The van der Waals surface area contributed by atoms with Crippen LogP contribution in [0.5, 0.6) is 0 Å². The van der Waals surface area contributed by atoms with E-state index in [2.05, 4.69) is 29.4 Å². The molecule has 30 heavy (non-hydrogen) atoms. The zero-order valence-electron chi connectivity index (χ0n) is 19.0. The van der Waals surface area contributed by atoms with Gasteiger partial charge >= 0.3 is 0 Å². The van der Waals surface area contributed by atoms with E-state index in [0.717, 1.165) is 18.8 Å². The number of amides is 2. The summed E-state index contributed by atoms with van der Waals surface area (Å²) in [6.45, 7) is 13.7. The van der Waals surface area contributed by atoms with Crippen LogP contribution in [0.1, 0.15) is 58.3 Å². The standard InChI is InChI=1S/C23H35N3O4/c1-7-26(8-2)17-11-9-16(10-12-17)21(28)24-18(13-23(4,5)6)22(29)25-20-15(3)30-14-19(20)27/h9-12,15,18,20H,7-8,13-14H2,1-6H3,(H,24,28)(H,25,29)/t15-,18?,20+/m1/s1. The Morgan fingerprint density at radius 3 is 2.23 bits per heavy atom. The van der Waals surface area contributed by atoms with Crippen LogP contribution in [-0.2, 0) is 14.3 Å².